The highest BCUT2D eigenvalue weighted by atomic mass is 127. The fraction of sp³-hybridized carbons (Fsp3) is 0.333. The summed E-state index contributed by atoms with van der Waals surface area (Å²) in [5.41, 5.74) is 1.95. The van der Waals surface area contributed by atoms with Crippen molar-refractivity contribution in [3.63, 3.8) is 0 Å². The summed E-state index contributed by atoms with van der Waals surface area (Å²) in [6, 6.07) is 17.2. The molecule has 2 aromatic rings. The van der Waals surface area contributed by atoms with Crippen molar-refractivity contribution in [3.8, 4) is 0 Å². The van der Waals surface area contributed by atoms with Crippen molar-refractivity contribution in [2.45, 2.75) is 50.9 Å². The van der Waals surface area contributed by atoms with Crippen LogP contribution in [0.3, 0.4) is 0 Å². The summed E-state index contributed by atoms with van der Waals surface area (Å²) >= 11 is -0.999. The van der Waals surface area contributed by atoms with Crippen molar-refractivity contribution in [2.75, 3.05) is 0 Å². The van der Waals surface area contributed by atoms with Gasteiger partial charge in [0.15, 0.2) is 3.51 Å². The molecule has 0 N–H and O–H groups in total. The van der Waals surface area contributed by atoms with Crippen LogP contribution in [-0.2, 0) is 41.6 Å². The molecule has 7 heteroatoms. The zero-order chi connectivity index (χ0) is 21.7. The van der Waals surface area contributed by atoms with Crippen molar-refractivity contribution in [3.05, 3.63) is 69.3 Å². The molecule has 1 saturated carbocycles. The lowest BCUT2D eigenvalue weighted by Gasteiger charge is -2.32. The number of carbonyl (C=O) groups excluding carboxylic acids is 3. The van der Waals surface area contributed by atoms with Crippen LogP contribution in [0.25, 0.3) is 0 Å². The Labute approximate surface area is 190 Å². The lowest BCUT2D eigenvalue weighted by atomic mass is 10.1. The predicted molar refractivity (Wildman–Crippen MR) is 122 cm³/mol. The minimum atomic E-state index is -1.03. The topological polar surface area (TPSA) is 78.9 Å². The highest BCUT2D eigenvalue weighted by Crippen LogP contribution is 2.37. The molecule has 1 heterocycles. The van der Waals surface area contributed by atoms with Gasteiger partial charge in [-0.3, -0.25) is 4.79 Å². The summed E-state index contributed by atoms with van der Waals surface area (Å²) in [5.74, 6) is -2.34. The third-order valence-corrected chi connectivity index (χ3v) is 8.02. The van der Waals surface area contributed by atoms with Gasteiger partial charge in [0, 0.05) is 22.8 Å². The van der Waals surface area contributed by atoms with Crippen molar-refractivity contribution in [1.82, 2.24) is 0 Å². The van der Waals surface area contributed by atoms with Crippen LogP contribution in [0.2, 0.25) is 0 Å². The Hall–Kier alpha value is -2.55. The molecule has 162 valence electrons. The summed E-state index contributed by atoms with van der Waals surface area (Å²) < 4.78 is 17.3. The van der Waals surface area contributed by atoms with Crippen LogP contribution in [0.5, 0.6) is 0 Å². The SMILES string of the molecule is O=C(CCc1ccc(I=C2C(=O)OC3(CCCC3)OC2=O)cc1)OCc1ccccc1. The molecule has 2 aromatic carbocycles. The summed E-state index contributed by atoms with van der Waals surface area (Å²) in [6.07, 6.45) is 3.81. The zero-order valence-corrected chi connectivity index (χ0v) is 19.1. The second kappa shape index (κ2) is 9.72. The van der Waals surface area contributed by atoms with Crippen molar-refractivity contribution in [2.24, 2.45) is 0 Å². The number of halogens is 1. The van der Waals surface area contributed by atoms with Gasteiger partial charge in [-0.15, -0.1) is 0 Å². The molecule has 0 bridgehead atoms. The Morgan fingerprint density at radius 3 is 2.19 bits per heavy atom. The molecule has 0 radical (unpaired) electrons. The average Bonchev–Trinajstić information content (AvgIpc) is 3.22. The molecule has 31 heavy (non-hydrogen) atoms. The van der Waals surface area contributed by atoms with Crippen molar-refractivity contribution in [1.29, 1.82) is 0 Å². The van der Waals surface area contributed by atoms with Gasteiger partial charge in [0.05, 0.1) is 0 Å². The lowest BCUT2D eigenvalue weighted by molar-refractivity contribution is -0.224. The third kappa shape index (κ3) is 5.58. The largest absolute Gasteiger partial charge is 0.461 e. The minimum absolute atomic E-state index is 0.133. The molecule has 0 aromatic heterocycles. The van der Waals surface area contributed by atoms with E-state index in [9.17, 15) is 14.4 Å². The van der Waals surface area contributed by atoms with Crippen LogP contribution in [0, 0.1) is 3.57 Å². The second-order valence-electron chi connectivity index (χ2n) is 7.58. The maximum Gasteiger partial charge on any atom is 0.354 e. The molecule has 1 aliphatic carbocycles. The molecule has 4 rings (SSSR count). The second-order valence-corrected chi connectivity index (χ2v) is 10.4. The third-order valence-electron chi connectivity index (χ3n) is 5.26. The lowest BCUT2D eigenvalue weighted by Crippen LogP contribution is -2.48. The summed E-state index contributed by atoms with van der Waals surface area (Å²) in [7, 11) is 0. The molecule has 6 nitrogen and oxygen atoms in total. The highest BCUT2D eigenvalue weighted by molar-refractivity contribution is 14.2. The Morgan fingerprint density at radius 2 is 1.55 bits per heavy atom. The normalized spacial score (nSPS) is 17.4. The quantitative estimate of drug-likeness (QED) is 0.411. The maximum absolute atomic E-state index is 12.4. The van der Waals surface area contributed by atoms with Gasteiger partial charge in [-0.05, 0) is 42.5 Å². The van der Waals surface area contributed by atoms with Crippen LogP contribution in [-0.4, -0.2) is 27.2 Å². The van der Waals surface area contributed by atoms with E-state index in [-0.39, 0.29) is 16.1 Å². The minimum Gasteiger partial charge on any atom is -0.461 e. The van der Waals surface area contributed by atoms with Crippen LogP contribution in [0.15, 0.2) is 54.6 Å². The van der Waals surface area contributed by atoms with Gasteiger partial charge in [-0.25, -0.2) is 9.59 Å². The molecular weight excluding hydrogens is 511 g/mol. The first-order valence-electron chi connectivity index (χ1n) is 10.3. The number of hydrogen-bond acceptors (Lipinski definition) is 6. The van der Waals surface area contributed by atoms with E-state index in [4.69, 9.17) is 14.2 Å². The molecule has 0 unspecified atom stereocenters. The Morgan fingerprint density at radius 1 is 0.903 bits per heavy atom. The van der Waals surface area contributed by atoms with Gasteiger partial charge in [-0.1, -0.05) is 63.2 Å². The maximum atomic E-state index is 12.4. The van der Waals surface area contributed by atoms with E-state index < -0.39 is 38.5 Å². The molecular formula is C24H23IO6. The summed E-state index contributed by atoms with van der Waals surface area (Å²) in [5, 5.41) is 0. The monoisotopic (exact) mass is 534 g/mol. The first-order chi connectivity index (χ1) is 15.0. The van der Waals surface area contributed by atoms with Gasteiger partial charge < -0.3 is 14.2 Å². The molecule has 2 aliphatic rings. The number of carbonyl (C=O) groups is 3. The first-order valence-corrected chi connectivity index (χ1v) is 12.5. The Balaban J connectivity index is 1.30. The van der Waals surface area contributed by atoms with Crippen LogP contribution >= 0.6 is 20.7 Å². The average molecular weight is 534 g/mol. The standard InChI is InChI=1S/C24H23IO6/c26-20(29-16-18-6-2-1-3-7-18)13-10-17-8-11-19(12-9-17)25-21-22(27)30-24(31-23(21)28)14-4-5-15-24/h1-3,6-9,11-12H,4-5,10,13-16H2. The fourth-order valence-corrected chi connectivity index (χ4v) is 5.61. The van der Waals surface area contributed by atoms with Gasteiger partial charge >= 0.3 is 17.9 Å². The Bertz CT molecular complexity index is 968. The van der Waals surface area contributed by atoms with Crippen molar-refractivity contribution < 1.29 is 28.6 Å². The number of rotatable bonds is 6. The number of hydrogen-bond donors (Lipinski definition) is 0. The predicted octanol–water partition coefficient (Wildman–Crippen LogP) is 4.05. The van der Waals surface area contributed by atoms with Gasteiger partial charge in [0.25, 0.3) is 5.79 Å². The molecule has 2 fully saturated rings. The Kier molecular flexibility index (Phi) is 6.80. The number of ether oxygens (including phenoxy) is 3. The molecule has 1 aliphatic heterocycles. The number of benzene rings is 2. The smallest absolute Gasteiger partial charge is 0.354 e. The molecule has 0 amide bonds. The van der Waals surface area contributed by atoms with Crippen molar-refractivity contribution >= 4 is 42.1 Å². The van der Waals surface area contributed by atoms with E-state index in [1.54, 1.807) is 0 Å². The zero-order valence-electron chi connectivity index (χ0n) is 17.0. The first kappa shape index (κ1) is 21.7. The van der Waals surface area contributed by atoms with E-state index in [1.165, 1.54) is 0 Å². The highest BCUT2D eigenvalue weighted by Gasteiger charge is 2.48. The molecule has 1 saturated heterocycles. The van der Waals surface area contributed by atoms with Gasteiger partial charge in [0.2, 0.25) is 0 Å². The summed E-state index contributed by atoms with van der Waals surface area (Å²) in [6.45, 7) is 0.273. The number of aryl methyl sites for hydroxylation is 1. The van der Waals surface area contributed by atoms with E-state index in [0.29, 0.717) is 25.7 Å². The van der Waals surface area contributed by atoms with E-state index in [2.05, 4.69) is 0 Å². The summed E-state index contributed by atoms with van der Waals surface area (Å²) in [4.78, 5) is 36.8. The molecule has 0 atom stereocenters. The van der Waals surface area contributed by atoms with Crippen LogP contribution < -0.4 is 0 Å². The van der Waals surface area contributed by atoms with Crippen LogP contribution in [0.4, 0.5) is 0 Å². The van der Waals surface area contributed by atoms with E-state index in [0.717, 1.165) is 27.5 Å². The number of esters is 3. The van der Waals surface area contributed by atoms with Gasteiger partial charge in [-0.2, -0.15) is 0 Å². The van der Waals surface area contributed by atoms with Gasteiger partial charge in [0.1, 0.15) is 6.61 Å². The molecule has 1 spiro atoms. The van der Waals surface area contributed by atoms with Crippen LogP contribution in [0.1, 0.15) is 43.2 Å². The van der Waals surface area contributed by atoms with E-state index in [1.807, 2.05) is 54.6 Å². The fourth-order valence-electron chi connectivity index (χ4n) is 3.61. The van der Waals surface area contributed by atoms with E-state index >= 15 is 0 Å².